The zero-order chi connectivity index (χ0) is 21.6. The summed E-state index contributed by atoms with van der Waals surface area (Å²) < 4.78 is 11.6. The topological polar surface area (TPSA) is 68.5 Å². The van der Waals surface area contributed by atoms with E-state index in [0.717, 1.165) is 12.8 Å². The smallest absolute Gasteiger partial charge is 0.255 e. The van der Waals surface area contributed by atoms with Gasteiger partial charge in [0.1, 0.15) is 11.3 Å². The molecule has 0 bridgehead atoms. The van der Waals surface area contributed by atoms with Crippen molar-refractivity contribution in [3.8, 4) is 5.75 Å². The Bertz CT molecular complexity index is 1210. The van der Waals surface area contributed by atoms with Crippen LogP contribution in [-0.2, 0) is 0 Å². The van der Waals surface area contributed by atoms with Crippen LogP contribution in [0.2, 0.25) is 0 Å². The first-order valence-corrected chi connectivity index (χ1v) is 10.3. The maximum absolute atomic E-state index is 13.1. The Morgan fingerprint density at radius 2 is 1.65 bits per heavy atom. The number of hydrogen-bond donors (Lipinski definition) is 1. The molecule has 0 spiro atoms. The van der Waals surface area contributed by atoms with Crippen molar-refractivity contribution < 1.29 is 18.7 Å². The minimum absolute atomic E-state index is 0.108. The van der Waals surface area contributed by atoms with E-state index in [-0.39, 0.29) is 17.5 Å². The number of furan rings is 1. The molecule has 0 fully saturated rings. The summed E-state index contributed by atoms with van der Waals surface area (Å²) in [6, 6.07) is 23.1. The average Bonchev–Trinajstić information content (AvgIpc) is 3.18. The van der Waals surface area contributed by atoms with Crippen molar-refractivity contribution in [2.75, 3.05) is 11.9 Å². The molecule has 156 valence electrons. The molecular weight excluding hydrogens is 390 g/mol. The van der Waals surface area contributed by atoms with Crippen molar-refractivity contribution in [2.45, 2.75) is 19.8 Å². The maximum Gasteiger partial charge on any atom is 0.255 e. The van der Waals surface area contributed by atoms with E-state index in [9.17, 15) is 9.59 Å². The molecule has 1 heterocycles. The third-order valence-corrected chi connectivity index (χ3v) is 4.94. The number of carbonyl (C=O) groups is 2. The zero-order valence-corrected chi connectivity index (χ0v) is 17.3. The fourth-order valence-corrected chi connectivity index (χ4v) is 3.30. The van der Waals surface area contributed by atoms with Crippen LogP contribution in [0.5, 0.6) is 5.75 Å². The summed E-state index contributed by atoms with van der Waals surface area (Å²) in [6.07, 6.45) is 1.98. The Morgan fingerprint density at radius 1 is 0.903 bits per heavy atom. The number of benzene rings is 3. The van der Waals surface area contributed by atoms with Gasteiger partial charge in [-0.1, -0.05) is 61.9 Å². The quantitative estimate of drug-likeness (QED) is 0.280. The van der Waals surface area contributed by atoms with E-state index in [1.807, 2.05) is 30.3 Å². The summed E-state index contributed by atoms with van der Waals surface area (Å²) >= 11 is 0. The van der Waals surface area contributed by atoms with E-state index >= 15 is 0 Å². The molecule has 0 saturated heterocycles. The molecule has 0 unspecified atom stereocenters. The van der Waals surface area contributed by atoms with Crippen molar-refractivity contribution in [1.82, 2.24) is 0 Å². The molecular formula is C26H23NO4. The summed E-state index contributed by atoms with van der Waals surface area (Å²) in [5.74, 6) is 0.119. The van der Waals surface area contributed by atoms with Gasteiger partial charge in [-0.2, -0.15) is 0 Å². The standard InChI is InChI=1S/C26H23NO4/c1-2-3-16-30-20-13-9-12-19(17-20)26(29)27-23-21-14-7-8-15-22(21)31-25(23)24(28)18-10-5-4-6-11-18/h4-15,17H,2-3,16H2,1H3,(H,27,29). The van der Waals surface area contributed by atoms with Crippen molar-refractivity contribution in [2.24, 2.45) is 0 Å². The Balaban J connectivity index is 1.66. The van der Waals surface area contributed by atoms with E-state index in [2.05, 4.69) is 12.2 Å². The zero-order valence-electron chi connectivity index (χ0n) is 17.3. The predicted octanol–water partition coefficient (Wildman–Crippen LogP) is 6.10. The minimum Gasteiger partial charge on any atom is -0.494 e. The normalized spacial score (nSPS) is 10.7. The summed E-state index contributed by atoms with van der Waals surface area (Å²) in [4.78, 5) is 26.1. The SMILES string of the molecule is CCCCOc1cccc(C(=O)Nc2c(C(=O)c3ccccc3)oc3ccccc23)c1. The first kappa shape index (κ1) is 20.4. The van der Waals surface area contributed by atoms with Crippen LogP contribution >= 0.6 is 0 Å². The highest BCUT2D eigenvalue weighted by Crippen LogP contribution is 2.33. The van der Waals surface area contributed by atoms with Gasteiger partial charge < -0.3 is 14.5 Å². The highest BCUT2D eigenvalue weighted by molar-refractivity contribution is 6.18. The van der Waals surface area contributed by atoms with Crippen LogP contribution in [0.25, 0.3) is 11.0 Å². The van der Waals surface area contributed by atoms with E-state index < -0.39 is 0 Å². The van der Waals surface area contributed by atoms with Gasteiger partial charge in [0, 0.05) is 16.5 Å². The van der Waals surface area contributed by atoms with E-state index in [1.165, 1.54) is 0 Å². The summed E-state index contributed by atoms with van der Waals surface area (Å²) in [7, 11) is 0. The Hall–Kier alpha value is -3.86. The lowest BCUT2D eigenvalue weighted by molar-refractivity contribution is 0.101. The molecule has 4 rings (SSSR count). The van der Waals surface area contributed by atoms with Gasteiger partial charge in [-0.25, -0.2) is 0 Å². The van der Waals surface area contributed by atoms with Crippen LogP contribution in [0.4, 0.5) is 5.69 Å². The third kappa shape index (κ3) is 4.51. The van der Waals surface area contributed by atoms with Gasteiger partial charge in [-0.3, -0.25) is 9.59 Å². The maximum atomic E-state index is 13.1. The largest absolute Gasteiger partial charge is 0.494 e. The lowest BCUT2D eigenvalue weighted by Gasteiger charge is -2.09. The Morgan fingerprint density at radius 3 is 2.45 bits per heavy atom. The van der Waals surface area contributed by atoms with Gasteiger partial charge in [0.15, 0.2) is 5.76 Å². The molecule has 5 nitrogen and oxygen atoms in total. The molecule has 4 aromatic rings. The number of hydrogen-bond acceptors (Lipinski definition) is 4. The molecule has 0 aliphatic carbocycles. The highest BCUT2D eigenvalue weighted by atomic mass is 16.5. The average molecular weight is 413 g/mol. The molecule has 1 aromatic heterocycles. The van der Waals surface area contributed by atoms with Crippen LogP contribution in [-0.4, -0.2) is 18.3 Å². The van der Waals surface area contributed by atoms with E-state index in [0.29, 0.717) is 40.1 Å². The summed E-state index contributed by atoms with van der Waals surface area (Å²) in [5, 5.41) is 3.56. The van der Waals surface area contributed by atoms with Crippen LogP contribution in [0.3, 0.4) is 0 Å². The van der Waals surface area contributed by atoms with Crippen LogP contribution in [0, 0.1) is 0 Å². The van der Waals surface area contributed by atoms with Crippen molar-refractivity contribution in [3.05, 3.63) is 95.7 Å². The van der Waals surface area contributed by atoms with Crippen LogP contribution in [0.15, 0.2) is 83.3 Å². The second kappa shape index (κ2) is 9.30. The number of amides is 1. The molecule has 1 amide bonds. The first-order valence-electron chi connectivity index (χ1n) is 10.3. The van der Waals surface area contributed by atoms with Crippen molar-refractivity contribution >= 4 is 28.3 Å². The molecule has 3 aromatic carbocycles. The van der Waals surface area contributed by atoms with Crippen molar-refractivity contribution in [1.29, 1.82) is 0 Å². The van der Waals surface area contributed by atoms with Crippen molar-refractivity contribution in [3.63, 3.8) is 0 Å². The number of para-hydroxylation sites is 1. The molecule has 1 N–H and O–H groups in total. The second-order valence-corrected chi connectivity index (χ2v) is 7.18. The highest BCUT2D eigenvalue weighted by Gasteiger charge is 2.23. The number of unbranched alkanes of at least 4 members (excludes halogenated alkanes) is 1. The summed E-state index contributed by atoms with van der Waals surface area (Å²) in [5.41, 5.74) is 1.83. The fraction of sp³-hybridized carbons (Fsp3) is 0.154. The number of carbonyl (C=O) groups excluding carboxylic acids is 2. The first-order chi connectivity index (χ1) is 15.2. The van der Waals surface area contributed by atoms with Gasteiger partial charge >= 0.3 is 0 Å². The molecule has 0 aliphatic heterocycles. The van der Waals surface area contributed by atoms with Gasteiger partial charge in [0.05, 0.1) is 12.3 Å². The molecule has 0 atom stereocenters. The number of rotatable bonds is 8. The lowest BCUT2D eigenvalue weighted by Crippen LogP contribution is -2.14. The lowest BCUT2D eigenvalue weighted by atomic mass is 10.1. The molecule has 5 heteroatoms. The van der Waals surface area contributed by atoms with Gasteiger partial charge in [-0.15, -0.1) is 0 Å². The number of ketones is 1. The molecule has 0 saturated carbocycles. The van der Waals surface area contributed by atoms with Gasteiger partial charge in [0.2, 0.25) is 5.78 Å². The predicted molar refractivity (Wildman–Crippen MR) is 121 cm³/mol. The van der Waals surface area contributed by atoms with Crippen LogP contribution < -0.4 is 10.1 Å². The third-order valence-electron chi connectivity index (χ3n) is 4.94. The number of fused-ring (bicyclic) bond motifs is 1. The van der Waals surface area contributed by atoms with Gasteiger partial charge in [-0.05, 0) is 36.8 Å². The van der Waals surface area contributed by atoms with E-state index in [4.69, 9.17) is 9.15 Å². The molecule has 0 aliphatic rings. The fourth-order valence-electron chi connectivity index (χ4n) is 3.30. The van der Waals surface area contributed by atoms with Gasteiger partial charge in [0.25, 0.3) is 5.91 Å². The number of ether oxygens (including phenoxy) is 1. The Kier molecular flexibility index (Phi) is 6.13. The Labute approximate surface area is 180 Å². The minimum atomic E-state index is -0.338. The second-order valence-electron chi connectivity index (χ2n) is 7.18. The molecule has 31 heavy (non-hydrogen) atoms. The number of anilines is 1. The summed E-state index contributed by atoms with van der Waals surface area (Å²) in [6.45, 7) is 2.69. The monoisotopic (exact) mass is 413 g/mol. The molecule has 0 radical (unpaired) electrons. The van der Waals surface area contributed by atoms with E-state index in [1.54, 1.807) is 48.5 Å². The van der Waals surface area contributed by atoms with Crippen LogP contribution in [0.1, 0.15) is 46.2 Å². The number of nitrogens with one attached hydrogen (secondary N) is 1.